The third-order valence-electron chi connectivity index (χ3n) is 3.46. The minimum absolute atomic E-state index is 0.156. The second-order valence-corrected chi connectivity index (χ2v) is 6.53. The predicted octanol–water partition coefficient (Wildman–Crippen LogP) is 2.29. The number of carbonyl (C=O) groups excluding carboxylic acids is 1. The van der Waals surface area contributed by atoms with E-state index in [-0.39, 0.29) is 17.6 Å². The molecule has 1 heterocycles. The Morgan fingerprint density at radius 2 is 2.05 bits per heavy atom. The van der Waals surface area contributed by atoms with Gasteiger partial charge in [-0.3, -0.25) is 4.79 Å². The number of pyridine rings is 1. The summed E-state index contributed by atoms with van der Waals surface area (Å²) in [5.41, 5.74) is 0.164. The Morgan fingerprint density at radius 3 is 2.62 bits per heavy atom. The van der Waals surface area contributed by atoms with E-state index in [2.05, 4.69) is 10.3 Å². The standard InChI is InChI=1S/C16H24N2O3/c1-16(2,3)21-14-9-8-11(10-17-14)15(20)18-12-6-4-5-7-13(12)19/h8-10,12-13,19H,4-7H2,1-3H3,(H,18,20). The lowest BCUT2D eigenvalue weighted by Crippen LogP contribution is -2.45. The second kappa shape index (κ2) is 6.43. The fourth-order valence-corrected chi connectivity index (χ4v) is 2.42. The number of rotatable bonds is 3. The van der Waals surface area contributed by atoms with Gasteiger partial charge < -0.3 is 15.2 Å². The number of hydrogen-bond acceptors (Lipinski definition) is 4. The molecule has 5 nitrogen and oxygen atoms in total. The van der Waals surface area contributed by atoms with Gasteiger partial charge in [-0.05, 0) is 39.7 Å². The molecule has 1 aromatic heterocycles. The molecule has 2 N–H and O–H groups in total. The SMILES string of the molecule is CC(C)(C)Oc1ccc(C(=O)NC2CCCCC2O)cn1. The lowest BCUT2D eigenvalue weighted by Gasteiger charge is -2.28. The van der Waals surface area contributed by atoms with E-state index in [1.807, 2.05) is 20.8 Å². The highest BCUT2D eigenvalue weighted by Gasteiger charge is 2.25. The van der Waals surface area contributed by atoms with Crippen molar-refractivity contribution < 1.29 is 14.6 Å². The van der Waals surface area contributed by atoms with Crippen LogP contribution in [0.25, 0.3) is 0 Å². The maximum Gasteiger partial charge on any atom is 0.253 e. The highest BCUT2D eigenvalue weighted by Crippen LogP contribution is 2.19. The van der Waals surface area contributed by atoms with Crippen LogP contribution in [0.1, 0.15) is 56.8 Å². The van der Waals surface area contributed by atoms with Gasteiger partial charge in [-0.2, -0.15) is 0 Å². The Bertz CT molecular complexity index is 479. The van der Waals surface area contributed by atoms with Crippen LogP contribution in [0.15, 0.2) is 18.3 Å². The van der Waals surface area contributed by atoms with Crippen LogP contribution >= 0.6 is 0 Å². The predicted molar refractivity (Wildman–Crippen MR) is 80.3 cm³/mol. The van der Waals surface area contributed by atoms with Crippen molar-refractivity contribution in [3.63, 3.8) is 0 Å². The first-order chi connectivity index (χ1) is 9.85. The van der Waals surface area contributed by atoms with E-state index in [1.165, 1.54) is 6.20 Å². The van der Waals surface area contributed by atoms with Gasteiger partial charge in [-0.25, -0.2) is 4.98 Å². The lowest BCUT2D eigenvalue weighted by atomic mass is 9.92. The number of aliphatic hydroxyl groups excluding tert-OH is 1. The third-order valence-corrected chi connectivity index (χ3v) is 3.46. The Labute approximate surface area is 125 Å². The van der Waals surface area contributed by atoms with E-state index in [0.29, 0.717) is 11.4 Å². The van der Waals surface area contributed by atoms with Crippen molar-refractivity contribution in [3.8, 4) is 5.88 Å². The first-order valence-electron chi connectivity index (χ1n) is 7.49. The summed E-state index contributed by atoms with van der Waals surface area (Å²) in [7, 11) is 0. The van der Waals surface area contributed by atoms with Gasteiger partial charge in [0, 0.05) is 12.3 Å². The largest absolute Gasteiger partial charge is 0.472 e. The normalized spacial score (nSPS) is 22.7. The number of ether oxygens (including phenoxy) is 1. The molecule has 0 aromatic carbocycles. The number of hydrogen-bond donors (Lipinski definition) is 2. The monoisotopic (exact) mass is 292 g/mol. The van der Waals surface area contributed by atoms with Gasteiger partial charge in [-0.15, -0.1) is 0 Å². The molecule has 1 fully saturated rings. The van der Waals surface area contributed by atoms with E-state index >= 15 is 0 Å². The molecule has 2 rings (SSSR count). The van der Waals surface area contributed by atoms with E-state index in [9.17, 15) is 9.90 Å². The Hall–Kier alpha value is -1.62. The molecule has 1 aliphatic rings. The smallest absolute Gasteiger partial charge is 0.253 e. The average molecular weight is 292 g/mol. The van der Waals surface area contributed by atoms with Crippen molar-refractivity contribution in [1.29, 1.82) is 0 Å². The average Bonchev–Trinajstić information content (AvgIpc) is 2.40. The Morgan fingerprint density at radius 1 is 1.33 bits per heavy atom. The highest BCUT2D eigenvalue weighted by molar-refractivity contribution is 5.94. The minimum atomic E-state index is -0.445. The van der Waals surface area contributed by atoms with Crippen molar-refractivity contribution in [3.05, 3.63) is 23.9 Å². The van der Waals surface area contributed by atoms with Crippen molar-refractivity contribution in [1.82, 2.24) is 10.3 Å². The summed E-state index contributed by atoms with van der Waals surface area (Å²) >= 11 is 0. The molecule has 0 spiro atoms. The van der Waals surface area contributed by atoms with Gasteiger partial charge >= 0.3 is 0 Å². The van der Waals surface area contributed by atoms with Gasteiger partial charge in [0.15, 0.2) is 0 Å². The maximum atomic E-state index is 12.2. The van der Waals surface area contributed by atoms with E-state index in [1.54, 1.807) is 12.1 Å². The number of carbonyl (C=O) groups is 1. The second-order valence-electron chi connectivity index (χ2n) is 6.53. The van der Waals surface area contributed by atoms with Crippen LogP contribution in [0.3, 0.4) is 0 Å². The highest BCUT2D eigenvalue weighted by atomic mass is 16.5. The van der Waals surface area contributed by atoms with Gasteiger partial charge in [0.2, 0.25) is 5.88 Å². The Kier molecular flexibility index (Phi) is 4.83. The lowest BCUT2D eigenvalue weighted by molar-refractivity contribution is 0.0717. The molecule has 5 heteroatoms. The molecule has 0 aliphatic heterocycles. The topological polar surface area (TPSA) is 71.5 Å². The van der Waals surface area contributed by atoms with Gasteiger partial charge in [0.1, 0.15) is 5.60 Å². The Balaban J connectivity index is 1.96. The van der Waals surface area contributed by atoms with Crippen LogP contribution in [0.2, 0.25) is 0 Å². The number of nitrogens with zero attached hydrogens (tertiary/aromatic N) is 1. The number of nitrogens with one attached hydrogen (secondary N) is 1. The quantitative estimate of drug-likeness (QED) is 0.896. The molecule has 1 aliphatic carbocycles. The van der Waals surface area contributed by atoms with Gasteiger partial charge in [0.25, 0.3) is 5.91 Å². The molecule has 1 amide bonds. The van der Waals surface area contributed by atoms with Crippen molar-refractivity contribution in [2.24, 2.45) is 0 Å². The molecule has 0 saturated heterocycles. The van der Waals surface area contributed by atoms with Crippen LogP contribution in [0, 0.1) is 0 Å². The summed E-state index contributed by atoms with van der Waals surface area (Å²) in [4.78, 5) is 16.3. The van der Waals surface area contributed by atoms with E-state index in [4.69, 9.17) is 4.74 Å². The third kappa shape index (κ3) is 4.70. The number of aromatic nitrogens is 1. The summed E-state index contributed by atoms with van der Waals surface area (Å²) in [5.74, 6) is 0.299. The zero-order chi connectivity index (χ0) is 15.5. The molecular formula is C16H24N2O3. The zero-order valence-corrected chi connectivity index (χ0v) is 12.9. The molecule has 0 bridgehead atoms. The summed E-state index contributed by atoms with van der Waals surface area (Å²) in [6.45, 7) is 5.83. The molecule has 2 unspecified atom stereocenters. The summed E-state index contributed by atoms with van der Waals surface area (Å²) < 4.78 is 5.62. The molecular weight excluding hydrogens is 268 g/mol. The van der Waals surface area contributed by atoms with Crippen molar-refractivity contribution in [2.75, 3.05) is 0 Å². The van der Waals surface area contributed by atoms with Crippen LogP contribution in [0.4, 0.5) is 0 Å². The molecule has 21 heavy (non-hydrogen) atoms. The van der Waals surface area contributed by atoms with E-state index in [0.717, 1.165) is 25.7 Å². The fraction of sp³-hybridized carbons (Fsp3) is 0.625. The van der Waals surface area contributed by atoms with Gasteiger partial charge in [-0.1, -0.05) is 12.8 Å². The van der Waals surface area contributed by atoms with E-state index < -0.39 is 6.10 Å². The fourth-order valence-electron chi connectivity index (χ4n) is 2.42. The summed E-state index contributed by atoms with van der Waals surface area (Å²) in [6, 6.07) is 3.23. The summed E-state index contributed by atoms with van der Waals surface area (Å²) in [6.07, 6.45) is 4.70. The molecule has 1 aromatic rings. The minimum Gasteiger partial charge on any atom is -0.472 e. The van der Waals surface area contributed by atoms with Crippen molar-refractivity contribution >= 4 is 5.91 Å². The van der Waals surface area contributed by atoms with Crippen LogP contribution in [0.5, 0.6) is 5.88 Å². The molecule has 2 atom stereocenters. The van der Waals surface area contributed by atoms with Crippen molar-refractivity contribution in [2.45, 2.75) is 64.2 Å². The zero-order valence-electron chi connectivity index (χ0n) is 12.9. The summed E-state index contributed by atoms with van der Waals surface area (Å²) in [5, 5.41) is 12.8. The first kappa shape index (κ1) is 15.8. The van der Waals surface area contributed by atoms with Gasteiger partial charge in [0.05, 0.1) is 17.7 Å². The maximum absolute atomic E-state index is 12.2. The molecule has 0 radical (unpaired) electrons. The number of amides is 1. The molecule has 116 valence electrons. The van der Waals surface area contributed by atoms with Crippen LogP contribution in [-0.4, -0.2) is 33.7 Å². The van der Waals surface area contributed by atoms with Crippen LogP contribution < -0.4 is 10.1 Å². The molecule has 1 saturated carbocycles. The number of aliphatic hydroxyl groups is 1. The first-order valence-corrected chi connectivity index (χ1v) is 7.49. The van der Waals surface area contributed by atoms with Crippen LogP contribution in [-0.2, 0) is 0 Å².